The molecule has 0 fully saturated rings. The lowest BCUT2D eigenvalue weighted by Crippen LogP contribution is -2.19. The fourth-order valence-electron chi connectivity index (χ4n) is 1.26. The summed E-state index contributed by atoms with van der Waals surface area (Å²) in [6.45, 7) is 0. The van der Waals surface area contributed by atoms with Gasteiger partial charge in [-0.05, 0) is 0 Å². The molecule has 0 atom stereocenters. The minimum Gasteiger partial charge on any atom is -0.491 e. The van der Waals surface area contributed by atoms with Crippen LogP contribution in [0.3, 0.4) is 0 Å². The van der Waals surface area contributed by atoms with Crippen molar-refractivity contribution in [1.29, 1.82) is 5.26 Å². The maximum atomic E-state index is 12.2. The van der Waals surface area contributed by atoms with Gasteiger partial charge >= 0.3 is 12.0 Å². The molecule has 19 heavy (non-hydrogen) atoms. The molecule has 0 aliphatic rings. The fourth-order valence-corrected chi connectivity index (χ4v) is 1.26. The molecule has 0 radical (unpaired) electrons. The second kappa shape index (κ2) is 5.38. The third-order valence-corrected chi connectivity index (χ3v) is 1.92. The molecule has 0 bridgehead atoms. The van der Waals surface area contributed by atoms with Crippen molar-refractivity contribution >= 4 is 5.69 Å². The number of methoxy groups -OCH3 is 1. The first kappa shape index (κ1) is 14.5. The van der Waals surface area contributed by atoms with Gasteiger partial charge in [0.15, 0.2) is 5.75 Å². The summed E-state index contributed by atoms with van der Waals surface area (Å²) in [5.74, 6) is -1.68. The average molecular weight is 277 g/mol. The van der Waals surface area contributed by atoms with E-state index in [1.807, 2.05) is 0 Å². The van der Waals surface area contributed by atoms with E-state index < -0.39 is 40.6 Å². The van der Waals surface area contributed by atoms with Crippen molar-refractivity contribution < 1.29 is 27.6 Å². The molecular weight excluding hydrogens is 271 g/mol. The Morgan fingerprint density at radius 1 is 1.58 bits per heavy atom. The van der Waals surface area contributed by atoms with E-state index in [1.54, 1.807) is 6.07 Å². The number of rotatable bonds is 4. The predicted octanol–water partition coefficient (Wildman–Crippen LogP) is 1.96. The van der Waals surface area contributed by atoms with Crippen LogP contribution in [0.15, 0.2) is 6.20 Å². The number of aromatic nitrogens is 1. The summed E-state index contributed by atoms with van der Waals surface area (Å²) in [7, 11) is 1.01. The summed E-state index contributed by atoms with van der Waals surface area (Å²) < 4.78 is 44.8. The highest BCUT2D eigenvalue weighted by atomic mass is 19.4. The van der Waals surface area contributed by atoms with Gasteiger partial charge in [0.2, 0.25) is 0 Å². The molecule has 0 aromatic carbocycles. The van der Waals surface area contributed by atoms with E-state index in [1.165, 1.54) is 0 Å². The number of hydrogen-bond acceptors (Lipinski definition) is 6. The number of nitriles is 1. The van der Waals surface area contributed by atoms with Crippen LogP contribution in [0.1, 0.15) is 5.69 Å². The molecule has 0 saturated heterocycles. The molecule has 0 N–H and O–H groups in total. The highest BCUT2D eigenvalue weighted by Crippen LogP contribution is 2.41. The second-order valence-electron chi connectivity index (χ2n) is 3.09. The molecule has 10 heteroatoms. The molecular formula is C9H6F3N3O4. The van der Waals surface area contributed by atoms with Crippen LogP contribution in [-0.2, 0) is 6.42 Å². The molecule has 0 aliphatic carbocycles. The number of pyridine rings is 1. The lowest BCUT2D eigenvalue weighted by Gasteiger charge is -2.13. The van der Waals surface area contributed by atoms with Crippen LogP contribution in [0, 0.1) is 21.4 Å². The Labute approximate surface area is 104 Å². The topological polar surface area (TPSA) is 98.3 Å². The first-order chi connectivity index (χ1) is 8.80. The zero-order valence-corrected chi connectivity index (χ0v) is 9.39. The van der Waals surface area contributed by atoms with Crippen LogP contribution >= 0.6 is 0 Å². The average Bonchev–Trinajstić information content (AvgIpc) is 2.27. The molecule has 102 valence electrons. The van der Waals surface area contributed by atoms with Gasteiger partial charge in [-0.2, -0.15) is 5.26 Å². The van der Waals surface area contributed by atoms with Crippen LogP contribution in [0.5, 0.6) is 11.5 Å². The molecule has 1 aromatic rings. The zero-order chi connectivity index (χ0) is 14.6. The third-order valence-electron chi connectivity index (χ3n) is 1.92. The van der Waals surface area contributed by atoms with Crippen LogP contribution < -0.4 is 9.47 Å². The van der Waals surface area contributed by atoms with Crippen molar-refractivity contribution in [1.82, 2.24) is 4.98 Å². The molecule has 1 heterocycles. The number of alkyl halides is 3. The van der Waals surface area contributed by atoms with Crippen molar-refractivity contribution in [2.24, 2.45) is 0 Å². The van der Waals surface area contributed by atoms with Crippen LogP contribution in [0.2, 0.25) is 0 Å². The first-order valence-electron chi connectivity index (χ1n) is 4.63. The van der Waals surface area contributed by atoms with E-state index in [2.05, 4.69) is 14.5 Å². The Balaban J connectivity index is 3.49. The van der Waals surface area contributed by atoms with Gasteiger partial charge < -0.3 is 9.47 Å². The molecule has 0 aliphatic heterocycles. The van der Waals surface area contributed by atoms with Gasteiger partial charge in [-0.1, -0.05) is 0 Å². The highest BCUT2D eigenvalue weighted by molar-refractivity contribution is 5.58. The van der Waals surface area contributed by atoms with E-state index in [9.17, 15) is 23.3 Å². The summed E-state index contributed by atoms with van der Waals surface area (Å²) in [6.07, 6.45) is -4.85. The second-order valence-corrected chi connectivity index (χ2v) is 3.09. The van der Waals surface area contributed by atoms with Gasteiger partial charge in [-0.25, -0.2) is 4.98 Å². The zero-order valence-electron chi connectivity index (χ0n) is 9.39. The lowest BCUT2D eigenvalue weighted by molar-refractivity contribution is -0.389. The van der Waals surface area contributed by atoms with E-state index in [0.717, 1.165) is 13.3 Å². The largest absolute Gasteiger partial charge is 0.573 e. The normalized spacial score (nSPS) is 10.7. The number of hydrogen-bond donors (Lipinski definition) is 0. The van der Waals surface area contributed by atoms with Crippen molar-refractivity contribution in [3.05, 3.63) is 22.0 Å². The van der Waals surface area contributed by atoms with Gasteiger partial charge in [0, 0.05) is 0 Å². The van der Waals surface area contributed by atoms with Crippen LogP contribution in [0.25, 0.3) is 0 Å². The Morgan fingerprint density at radius 3 is 2.63 bits per heavy atom. The minimum absolute atomic E-state index is 0.437. The van der Waals surface area contributed by atoms with E-state index in [-0.39, 0.29) is 0 Å². The van der Waals surface area contributed by atoms with Crippen molar-refractivity contribution in [2.45, 2.75) is 12.8 Å². The molecule has 7 nitrogen and oxygen atoms in total. The maximum Gasteiger partial charge on any atom is 0.573 e. The van der Waals surface area contributed by atoms with Crippen LogP contribution in [-0.4, -0.2) is 23.4 Å². The SMILES string of the molecule is COc1cnc(CC#N)c([N+](=O)[O-])c1OC(F)(F)F. The summed E-state index contributed by atoms with van der Waals surface area (Å²) in [5.41, 5.74) is -1.48. The molecule has 0 spiro atoms. The van der Waals surface area contributed by atoms with Crippen LogP contribution in [0.4, 0.5) is 18.9 Å². The number of ether oxygens (including phenoxy) is 2. The van der Waals surface area contributed by atoms with Gasteiger partial charge in [0.05, 0.1) is 30.7 Å². The Bertz CT molecular complexity index is 539. The highest BCUT2D eigenvalue weighted by Gasteiger charge is 2.38. The molecule has 0 unspecified atom stereocenters. The smallest absolute Gasteiger partial charge is 0.491 e. The van der Waals surface area contributed by atoms with Gasteiger partial charge in [0.1, 0.15) is 5.69 Å². The van der Waals surface area contributed by atoms with E-state index in [4.69, 9.17) is 5.26 Å². The number of nitro groups is 1. The monoisotopic (exact) mass is 277 g/mol. The molecule has 1 rings (SSSR count). The quantitative estimate of drug-likeness (QED) is 0.616. The Kier molecular flexibility index (Phi) is 4.11. The Morgan fingerprint density at radius 2 is 2.21 bits per heavy atom. The van der Waals surface area contributed by atoms with Crippen molar-refractivity contribution in [3.63, 3.8) is 0 Å². The number of halogens is 3. The summed E-state index contributed by atoms with van der Waals surface area (Å²) in [6, 6.07) is 1.56. The van der Waals surface area contributed by atoms with Crippen molar-refractivity contribution in [3.8, 4) is 17.6 Å². The van der Waals surface area contributed by atoms with E-state index in [0.29, 0.717) is 0 Å². The molecule has 0 amide bonds. The van der Waals surface area contributed by atoms with Gasteiger partial charge in [-0.15, -0.1) is 13.2 Å². The predicted molar refractivity (Wildman–Crippen MR) is 53.4 cm³/mol. The van der Waals surface area contributed by atoms with E-state index >= 15 is 0 Å². The number of nitrogens with zero attached hydrogens (tertiary/aromatic N) is 3. The standard InChI is InChI=1S/C9H6F3N3O4/c1-18-6-4-14-5(2-3-13)7(15(16)17)8(6)19-9(10,11)12/h4H,2H2,1H3. The van der Waals surface area contributed by atoms with Crippen molar-refractivity contribution in [2.75, 3.05) is 7.11 Å². The lowest BCUT2D eigenvalue weighted by atomic mass is 10.2. The summed E-state index contributed by atoms with van der Waals surface area (Å²) in [5, 5.41) is 19.3. The first-order valence-corrected chi connectivity index (χ1v) is 4.63. The molecule has 0 saturated carbocycles. The Hall–Kier alpha value is -2.57. The summed E-state index contributed by atoms with van der Waals surface area (Å²) >= 11 is 0. The third kappa shape index (κ3) is 3.44. The van der Waals surface area contributed by atoms with Gasteiger partial charge in [-0.3, -0.25) is 10.1 Å². The fraction of sp³-hybridized carbons (Fsp3) is 0.333. The molecule has 1 aromatic heterocycles. The van der Waals surface area contributed by atoms with Gasteiger partial charge in [0.25, 0.3) is 5.75 Å². The minimum atomic E-state index is -5.14. The summed E-state index contributed by atoms with van der Waals surface area (Å²) in [4.78, 5) is 13.2. The maximum absolute atomic E-state index is 12.2.